The van der Waals surface area contributed by atoms with Crippen LogP contribution in [0.1, 0.15) is 35.4 Å². The number of anilines is 1. The van der Waals surface area contributed by atoms with E-state index in [1.54, 1.807) is 17.7 Å². The highest BCUT2D eigenvalue weighted by Crippen LogP contribution is 2.24. The molecule has 0 aliphatic rings. The van der Waals surface area contributed by atoms with E-state index in [0.29, 0.717) is 12.4 Å². The summed E-state index contributed by atoms with van der Waals surface area (Å²) in [5.74, 6) is -0.198. The van der Waals surface area contributed by atoms with Crippen molar-refractivity contribution < 1.29 is 9.53 Å². The predicted molar refractivity (Wildman–Crippen MR) is 68.5 cm³/mol. The first-order valence-electron chi connectivity index (χ1n) is 5.54. The van der Waals surface area contributed by atoms with Crippen molar-refractivity contribution in [3.8, 4) is 0 Å². The molecule has 18 heavy (non-hydrogen) atoms. The second-order valence-corrected chi connectivity index (χ2v) is 4.58. The van der Waals surface area contributed by atoms with Crippen LogP contribution in [-0.2, 0) is 4.74 Å². The maximum Gasteiger partial charge on any atom is 0.360 e. The molecule has 2 rings (SSSR count). The SMILES string of the molecule is CCOC(=O)c1ncn(C(C)c2nccs2)c1N. The van der Waals surface area contributed by atoms with Crippen LogP contribution in [0, 0.1) is 0 Å². The van der Waals surface area contributed by atoms with Gasteiger partial charge in [0.2, 0.25) is 0 Å². The Bertz CT molecular complexity index is 535. The van der Waals surface area contributed by atoms with Gasteiger partial charge in [-0.25, -0.2) is 14.8 Å². The zero-order valence-corrected chi connectivity index (χ0v) is 11.0. The molecule has 2 N–H and O–H groups in total. The van der Waals surface area contributed by atoms with Crippen molar-refractivity contribution >= 4 is 23.1 Å². The van der Waals surface area contributed by atoms with E-state index in [-0.39, 0.29) is 11.7 Å². The topological polar surface area (TPSA) is 83.0 Å². The fraction of sp³-hybridized carbons (Fsp3) is 0.364. The zero-order valence-electron chi connectivity index (χ0n) is 10.2. The fourth-order valence-electron chi connectivity index (χ4n) is 1.60. The molecule has 0 spiro atoms. The molecule has 0 bridgehead atoms. The molecule has 1 atom stereocenters. The summed E-state index contributed by atoms with van der Waals surface area (Å²) in [4.78, 5) is 19.8. The summed E-state index contributed by atoms with van der Waals surface area (Å²) >= 11 is 1.53. The van der Waals surface area contributed by atoms with Crippen LogP contribution in [0.25, 0.3) is 0 Å². The van der Waals surface area contributed by atoms with E-state index >= 15 is 0 Å². The maximum atomic E-state index is 11.6. The number of ether oxygens (including phenoxy) is 1. The number of rotatable bonds is 4. The van der Waals surface area contributed by atoms with Gasteiger partial charge in [-0.05, 0) is 13.8 Å². The van der Waals surface area contributed by atoms with Gasteiger partial charge in [0.05, 0.1) is 19.0 Å². The van der Waals surface area contributed by atoms with Gasteiger partial charge in [0.25, 0.3) is 0 Å². The molecular weight excluding hydrogens is 252 g/mol. The molecule has 0 aliphatic heterocycles. The highest BCUT2D eigenvalue weighted by molar-refractivity contribution is 7.09. The third kappa shape index (κ3) is 2.21. The van der Waals surface area contributed by atoms with Gasteiger partial charge < -0.3 is 15.0 Å². The molecule has 1 unspecified atom stereocenters. The molecule has 6 nitrogen and oxygen atoms in total. The Morgan fingerprint density at radius 2 is 2.39 bits per heavy atom. The van der Waals surface area contributed by atoms with Crippen molar-refractivity contribution in [2.24, 2.45) is 0 Å². The molecule has 2 heterocycles. The van der Waals surface area contributed by atoms with Crippen LogP contribution in [0.4, 0.5) is 5.82 Å². The molecule has 7 heteroatoms. The number of nitrogens with zero attached hydrogens (tertiary/aromatic N) is 3. The Labute approximate surface area is 108 Å². The van der Waals surface area contributed by atoms with Crippen LogP contribution in [0.15, 0.2) is 17.9 Å². The van der Waals surface area contributed by atoms with Crippen LogP contribution in [-0.4, -0.2) is 27.1 Å². The first kappa shape index (κ1) is 12.6. The van der Waals surface area contributed by atoms with Crippen LogP contribution < -0.4 is 5.73 Å². The lowest BCUT2D eigenvalue weighted by Crippen LogP contribution is -2.12. The van der Waals surface area contributed by atoms with E-state index in [1.807, 2.05) is 12.3 Å². The number of esters is 1. The molecule has 96 valence electrons. The van der Waals surface area contributed by atoms with Crippen molar-refractivity contribution in [1.82, 2.24) is 14.5 Å². The van der Waals surface area contributed by atoms with Crippen molar-refractivity contribution in [3.63, 3.8) is 0 Å². The molecule has 0 aromatic carbocycles. The molecule has 0 saturated heterocycles. The van der Waals surface area contributed by atoms with Gasteiger partial charge >= 0.3 is 5.97 Å². The Kier molecular flexibility index (Phi) is 3.61. The second-order valence-electron chi connectivity index (χ2n) is 3.65. The average molecular weight is 266 g/mol. The Hall–Kier alpha value is -1.89. The van der Waals surface area contributed by atoms with E-state index in [4.69, 9.17) is 10.5 Å². The number of thiazole rings is 1. The largest absolute Gasteiger partial charge is 0.461 e. The van der Waals surface area contributed by atoms with Gasteiger partial charge in [0.1, 0.15) is 10.8 Å². The summed E-state index contributed by atoms with van der Waals surface area (Å²) in [6, 6.07) is -0.0549. The molecule has 0 aliphatic carbocycles. The van der Waals surface area contributed by atoms with Gasteiger partial charge in [-0.2, -0.15) is 0 Å². The summed E-state index contributed by atoms with van der Waals surface area (Å²) < 4.78 is 6.60. The number of hydrogen-bond acceptors (Lipinski definition) is 6. The van der Waals surface area contributed by atoms with Crippen molar-refractivity contribution in [2.45, 2.75) is 19.9 Å². The van der Waals surface area contributed by atoms with E-state index in [2.05, 4.69) is 9.97 Å². The number of nitrogen functional groups attached to an aromatic ring is 1. The summed E-state index contributed by atoms with van der Waals surface area (Å²) in [6.07, 6.45) is 3.27. The van der Waals surface area contributed by atoms with Gasteiger partial charge in [-0.1, -0.05) is 0 Å². The highest BCUT2D eigenvalue weighted by atomic mass is 32.1. The highest BCUT2D eigenvalue weighted by Gasteiger charge is 2.20. The number of imidazole rings is 1. The smallest absolute Gasteiger partial charge is 0.360 e. The molecular formula is C11H14N4O2S. The standard InChI is InChI=1S/C11H14N4O2S/c1-3-17-11(16)8-9(12)15(6-14-8)7(2)10-13-4-5-18-10/h4-7H,3,12H2,1-2H3. The lowest BCUT2D eigenvalue weighted by Gasteiger charge is -2.12. The monoisotopic (exact) mass is 266 g/mol. The van der Waals surface area contributed by atoms with Gasteiger partial charge in [-0.3, -0.25) is 0 Å². The van der Waals surface area contributed by atoms with E-state index in [1.165, 1.54) is 17.7 Å². The van der Waals surface area contributed by atoms with E-state index in [9.17, 15) is 4.79 Å². The van der Waals surface area contributed by atoms with Crippen LogP contribution >= 0.6 is 11.3 Å². The van der Waals surface area contributed by atoms with Gasteiger partial charge in [0.15, 0.2) is 5.69 Å². The molecule has 2 aromatic heterocycles. The van der Waals surface area contributed by atoms with Crippen LogP contribution in [0.5, 0.6) is 0 Å². The number of aromatic nitrogens is 3. The lowest BCUT2D eigenvalue weighted by atomic mass is 10.3. The molecule has 0 radical (unpaired) electrons. The average Bonchev–Trinajstić information content (AvgIpc) is 2.97. The first-order chi connectivity index (χ1) is 8.65. The number of nitrogens with two attached hydrogens (primary N) is 1. The van der Waals surface area contributed by atoms with Crippen LogP contribution in [0.2, 0.25) is 0 Å². The van der Waals surface area contributed by atoms with E-state index in [0.717, 1.165) is 5.01 Å². The summed E-state index contributed by atoms with van der Waals surface area (Å²) in [7, 11) is 0. The Morgan fingerprint density at radius 1 is 1.61 bits per heavy atom. The molecule has 0 fully saturated rings. The maximum absolute atomic E-state index is 11.6. The summed E-state index contributed by atoms with van der Waals surface area (Å²) in [6.45, 7) is 3.99. The zero-order chi connectivity index (χ0) is 13.1. The van der Waals surface area contributed by atoms with Crippen molar-refractivity contribution in [3.05, 3.63) is 28.6 Å². The summed E-state index contributed by atoms with van der Waals surface area (Å²) in [5, 5.41) is 2.81. The van der Waals surface area contributed by atoms with Gasteiger partial charge in [0, 0.05) is 11.6 Å². The molecule has 0 saturated carbocycles. The Balaban J connectivity index is 2.28. The minimum absolute atomic E-state index is 0.0549. The second kappa shape index (κ2) is 5.18. The Morgan fingerprint density at radius 3 is 3.00 bits per heavy atom. The third-order valence-corrected chi connectivity index (χ3v) is 3.47. The van der Waals surface area contributed by atoms with Crippen LogP contribution in [0.3, 0.4) is 0 Å². The number of hydrogen-bond donors (Lipinski definition) is 1. The normalized spacial score (nSPS) is 12.3. The third-order valence-electron chi connectivity index (χ3n) is 2.53. The minimum Gasteiger partial charge on any atom is -0.461 e. The molecule has 2 aromatic rings. The van der Waals surface area contributed by atoms with Crippen molar-refractivity contribution in [1.29, 1.82) is 0 Å². The lowest BCUT2D eigenvalue weighted by molar-refractivity contribution is 0.0521. The number of carbonyl (C=O) groups excluding carboxylic acids is 1. The number of carbonyl (C=O) groups is 1. The summed E-state index contributed by atoms with van der Waals surface area (Å²) in [5.41, 5.74) is 6.07. The fourth-order valence-corrected chi connectivity index (χ4v) is 2.29. The van der Waals surface area contributed by atoms with Crippen molar-refractivity contribution in [2.75, 3.05) is 12.3 Å². The van der Waals surface area contributed by atoms with E-state index < -0.39 is 5.97 Å². The quantitative estimate of drug-likeness (QED) is 0.852. The van der Waals surface area contributed by atoms with Gasteiger partial charge in [-0.15, -0.1) is 11.3 Å². The molecule has 0 amide bonds. The predicted octanol–water partition coefficient (Wildman–Crippen LogP) is 1.71. The minimum atomic E-state index is -0.500. The first-order valence-corrected chi connectivity index (χ1v) is 6.42.